The largest absolute Gasteiger partial charge is 0.376 e. The Balaban J connectivity index is 2.92. The number of hydrogen-bond donors (Lipinski definition) is 1. The van der Waals surface area contributed by atoms with Crippen LogP contribution in [-0.4, -0.2) is 9.67 Å². The van der Waals surface area contributed by atoms with E-state index in [2.05, 4.69) is 0 Å². The average Bonchev–Trinajstić information content (AvgIpc) is 2.18. The Hall–Kier alpha value is -1.61. The second-order valence-corrected chi connectivity index (χ2v) is 2.80. The summed E-state index contributed by atoms with van der Waals surface area (Å²) in [4.78, 5) is 11.3. The van der Waals surface area contributed by atoms with Gasteiger partial charge in [-0.1, -0.05) is 18.2 Å². The van der Waals surface area contributed by atoms with E-state index < -0.39 is 0 Å². The molecule has 0 saturated carbocycles. The van der Waals surface area contributed by atoms with E-state index in [9.17, 15) is 4.79 Å². The van der Waals surface area contributed by atoms with E-state index in [4.69, 9.17) is 5.11 Å². The fourth-order valence-electron chi connectivity index (χ4n) is 1.39. The number of nitrogens with zero attached hydrogens (tertiary/aromatic N) is 1. The zero-order valence-corrected chi connectivity index (χ0v) is 6.97. The smallest absolute Gasteiger partial charge is 0.252 e. The van der Waals surface area contributed by atoms with Crippen LogP contribution in [0.3, 0.4) is 0 Å². The summed E-state index contributed by atoms with van der Waals surface area (Å²) in [5.74, 6) is 0. The lowest BCUT2D eigenvalue weighted by Gasteiger charge is -2.05. The maximum atomic E-state index is 11.3. The SMILES string of the molecule is O=c1ccc2ccccc2n1CO. The van der Waals surface area contributed by atoms with Crippen LogP contribution in [-0.2, 0) is 6.73 Å². The van der Waals surface area contributed by atoms with Gasteiger partial charge in [-0.05, 0) is 17.5 Å². The molecule has 1 N–H and O–H groups in total. The molecule has 0 bridgehead atoms. The molecule has 3 nitrogen and oxygen atoms in total. The molecule has 0 unspecified atom stereocenters. The number of aliphatic hydroxyl groups excluding tert-OH is 1. The highest BCUT2D eigenvalue weighted by atomic mass is 16.3. The van der Waals surface area contributed by atoms with Crippen LogP contribution in [0.2, 0.25) is 0 Å². The summed E-state index contributed by atoms with van der Waals surface area (Å²) in [6.45, 7) is -0.278. The van der Waals surface area contributed by atoms with Crippen LogP contribution in [0.1, 0.15) is 0 Å². The van der Waals surface area contributed by atoms with Crippen molar-refractivity contribution in [3.8, 4) is 0 Å². The van der Waals surface area contributed by atoms with E-state index in [1.807, 2.05) is 24.3 Å². The number of fused-ring (bicyclic) bond motifs is 1. The minimum atomic E-state index is -0.278. The number of aromatic nitrogens is 1. The topological polar surface area (TPSA) is 42.2 Å². The van der Waals surface area contributed by atoms with E-state index in [0.717, 1.165) is 10.9 Å². The second kappa shape index (κ2) is 3.03. The number of para-hydroxylation sites is 1. The lowest BCUT2D eigenvalue weighted by Crippen LogP contribution is -2.18. The van der Waals surface area contributed by atoms with Crippen LogP contribution >= 0.6 is 0 Å². The Labute approximate surface area is 74.9 Å². The van der Waals surface area contributed by atoms with Gasteiger partial charge in [-0.15, -0.1) is 0 Å². The molecule has 0 atom stereocenters. The zero-order valence-electron chi connectivity index (χ0n) is 6.97. The van der Waals surface area contributed by atoms with E-state index in [-0.39, 0.29) is 12.3 Å². The predicted molar refractivity (Wildman–Crippen MR) is 50.4 cm³/mol. The first kappa shape index (κ1) is 8.01. The lowest BCUT2D eigenvalue weighted by atomic mass is 10.2. The van der Waals surface area contributed by atoms with Crippen molar-refractivity contribution in [3.63, 3.8) is 0 Å². The summed E-state index contributed by atoms with van der Waals surface area (Å²) in [5.41, 5.74) is 0.582. The van der Waals surface area contributed by atoms with Gasteiger partial charge in [0.1, 0.15) is 6.73 Å². The maximum Gasteiger partial charge on any atom is 0.252 e. The molecular formula is C10H9NO2. The molecule has 0 spiro atoms. The highest BCUT2D eigenvalue weighted by Gasteiger charge is 1.99. The Morgan fingerprint density at radius 2 is 1.92 bits per heavy atom. The van der Waals surface area contributed by atoms with Gasteiger partial charge in [0.25, 0.3) is 5.56 Å². The third-order valence-corrected chi connectivity index (χ3v) is 2.04. The number of pyridine rings is 1. The Morgan fingerprint density at radius 3 is 2.69 bits per heavy atom. The van der Waals surface area contributed by atoms with Gasteiger partial charge in [0.2, 0.25) is 0 Å². The van der Waals surface area contributed by atoms with Crippen molar-refractivity contribution < 1.29 is 5.11 Å². The average molecular weight is 175 g/mol. The standard InChI is InChI=1S/C10H9NO2/c12-7-11-9-4-2-1-3-8(9)5-6-10(11)13/h1-6,12H,7H2. The van der Waals surface area contributed by atoms with Crippen LogP contribution in [0.4, 0.5) is 0 Å². The zero-order chi connectivity index (χ0) is 9.26. The molecule has 66 valence electrons. The van der Waals surface area contributed by atoms with Crippen LogP contribution in [0, 0.1) is 0 Å². The summed E-state index contributed by atoms with van der Waals surface area (Å²) in [7, 11) is 0. The van der Waals surface area contributed by atoms with Gasteiger partial charge in [-0.3, -0.25) is 9.36 Å². The van der Waals surface area contributed by atoms with Crippen molar-refractivity contribution in [3.05, 3.63) is 46.8 Å². The van der Waals surface area contributed by atoms with Crippen molar-refractivity contribution in [2.75, 3.05) is 0 Å². The summed E-state index contributed by atoms with van der Waals surface area (Å²) < 4.78 is 1.33. The number of benzene rings is 1. The molecule has 0 aliphatic heterocycles. The van der Waals surface area contributed by atoms with Crippen molar-refractivity contribution in [2.45, 2.75) is 6.73 Å². The van der Waals surface area contributed by atoms with Gasteiger partial charge in [0.15, 0.2) is 0 Å². The lowest BCUT2D eigenvalue weighted by molar-refractivity contribution is 0.211. The molecule has 0 amide bonds. The minimum Gasteiger partial charge on any atom is -0.376 e. The number of rotatable bonds is 1. The molecule has 0 radical (unpaired) electrons. The summed E-state index contributed by atoms with van der Waals surface area (Å²) in [6.07, 6.45) is 0. The molecule has 3 heteroatoms. The molecule has 0 saturated heterocycles. The van der Waals surface area contributed by atoms with Gasteiger partial charge >= 0.3 is 0 Å². The van der Waals surface area contributed by atoms with E-state index in [1.165, 1.54) is 10.6 Å². The summed E-state index contributed by atoms with van der Waals surface area (Å²) in [6, 6.07) is 10.7. The first-order valence-electron chi connectivity index (χ1n) is 4.02. The van der Waals surface area contributed by atoms with Crippen molar-refractivity contribution in [1.82, 2.24) is 4.57 Å². The maximum absolute atomic E-state index is 11.3. The van der Waals surface area contributed by atoms with Crippen LogP contribution in [0.5, 0.6) is 0 Å². The monoisotopic (exact) mass is 175 g/mol. The van der Waals surface area contributed by atoms with Gasteiger partial charge in [-0.2, -0.15) is 0 Å². The van der Waals surface area contributed by atoms with Crippen LogP contribution in [0.25, 0.3) is 10.9 Å². The third kappa shape index (κ3) is 1.23. The normalized spacial score (nSPS) is 10.5. The Kier molecular flexibility index (Phi) is 1.87. The van der Waals surface area contributed by atoms with Crippen molar-refractivity contribution in [2.24, 2.45) is 0 Å². The number of aliphatic hydroxyl groups is 1. The quantitative estimate of drug-likeness (QED) is 0.701. The van der Waals surface area contributed by atoms with Gasteiger partial charge in [0, 0.05) is 6.07 Å². The fraction of sp³-hybridized carbons (Fsp3) is 0.100. The van der Waals surface area contributed by atoms with E-state index in [0.29, 0.717) is 0 Å². The molecule has 1 heterocycles. The van der Waals surface area contributed by atoms with E-state index >= 15 is 0 Å². The molecule has 2 aromatic rings. The molecule has 1 aromatic heterocycles. The Morgan fingerprint density at radius 1 is 1.15 bits per heavy atom. The van der Waals surface area contributed by atoms with Crippen LogP contribution in [0.15, 0.2) is 41.2 Å². The molecule has 0 aliphatic carbocycles. The van der Waals surface area contributed by atoms with Gasteiger partial charge in [-0.25, -0.2) is 0 Å². The second-order valence-electron chi connectivity index (χ2n) is 2.80. The molecule has 0 fully saturated rings. The van der Waals surface area contributed by atoms with Gasteiger partial charge in [0.05, 0.1) is 5.52 Å². The third-order valence-electron chi connectivity index (χ3n) is 2.04. The Bertz CT molecular complexity index is 487. The molecular weight excluding hydrogens is 166 g/mol. The van der Waals surface area contributed by atoms with Crippen molar-refractivity contribution >= 4 is 10.9 Å². The predicted octanol–water partition coefficient (Wildman–Crippen LogP) is 0.951. The first-order chi connectivity index (χ1) is 6.33. The first-order valence-corrected chi connectivity index (χ1v) is 4.02. The minimum absolute atomic E-state index is 0.179. The van der Waals surface area contributed by atoms with Gasteiger partial charge < -0.3 is 5.11 Å². The van der Waals surface area contributed by atoms with E-state index in [1.54, 1.807) is 6.07 Å². The van der Waals surface area contributed by atoms with Crippen molar-refractivity contribution in [1.29, 1.82) is 0 Å². The van der Waals surface area contributed by atoms with Crippen LogP contribution < -0.4 is 5.56 Å². The fourth-order valence-corrected chi connectivity index (χ4v) is 1.39. The molecule has 1 aromatic carbocycles. The highest BCUT2D eigenvalue weighted by Crippen LogP contribution is 2.09. The summed E-state index contributed by atoms with van der Waals surface area (Å²) in [5, 5.41) is 9.93. The molecule has 13 heavy (non-hydrogen) atoms. The number of hydrogen-bond acceptors (Lipinski definition) is 2. The molecule has 0 aliphatic rings. The highest BCUT2D eigenvalue weighted by molar-refractivity contribution is 5.78. The molecule has 2 rings (SSSR count). The summed E-state index contributed by atoms with van der Waals surface area (Å²) >= 11 is 0.